The van der Waals surface area contributed by atoms with Crippen LogP contribution in [0.3, 0.4) is 0 Å². The molecule has 3 fully saturated rings. The molecule has 1 saturated carbocycles. The Hall–Kier alpha value is -4.40. The molecular formula is C36H41ClN8O3. The monoisotopic (exact) mass is 668 g/mol. The SMILES string of the molecule is C=CC(=O)N1CCN(c2nc(OCC3(N4CCN(C(C)=O)CC4)CC3)nc3c2CCN(c2cccc4cccc(Cl)c24)C3)C[C@@H]1CC#N. The summed E-state index contributed by atoms with van der Waals surface area (Å²) < 4.78 is 6.50. The number of ether oxygens (including phenoxy) is 1. The Morgan fingerprint density at radius 1 is 1.06 bits per heavy atom. The minimum Gasteiger partial charge on any atom is -0.461 e. The maximum atomic E-state index is 12.6. The Balaban J connectivity index is 1.18. The minimum atomic E-state index is -0.273. The summed E-state index contributed by atoms with van der Waals surface area (Å²) in [6.07, 6.45) is 4.35. The van der Waals surface area contributed by atoms with Gasteiger partial charge in [0.05, 0.1) is 41.3 Å². The standard InChI is InChI=1S/C36H41ClN8O3/c1-3-32(47)45-21-18-43(22-27(45)10-14-38)34-28-11-15-42(31-9-5-7-26-6-4-8-29(37)33(26)31)23-30(28)39-35(40-34)48-24-36(12-13-36)44-19-16-41(17-20-44)25(2)46/h3-9,27H,1,10-13,15-24H2,2H3/t27-/m0/s1. The Kier molecular flexibility index (Phi) is 8.88. The number of nitriles is 1. The van der Waals surface area contributed by atoms with Crippen molar-refractivity contribution in [1.82, 2.24) is 24.7 Å². The molecule has 1 atom stereocenters. The van der Waals surface area contributed by atoms with Gasteiger partial charge in [-0.2, -0.15) is 15.2 Å². The summed E-state index contributed by atoms with van der Waals surface area (Å²) in [5.74, 6) is 0.781. The molecule has 2 amide bonds. The third-order valence-corrected chi connectivity index (χ3v) is 10.8. The molecule has 3 aliphatic heterocycles. The normalized spacial score (nSPS) is 20.6. The van der Waals surface area contributed by atoms with Gasteiger partial charge in [-0.1, -0.05) is 42.4 Å². The first-order chi connectivity index (χ1) is 23.3. The first-order valence-corrected chi connectivity index (χ1v) is 17.2. The van der Waals surface area contributed by atoms with E-state index >= 15 is 0 Å². The maximum Gasteiger partial charge on any atom is 0.318 e. The molecule has 11 nitrogen and oxygen atoms in total. The zero-order valence-corrected chi connectivity index (χ0v) is 28.2. The maximum absolute atomic E-state index is 12.6. The van der Waals surface area contributed by atoms with Gasteiger partial charge in [0.15, 0.2) is 0 Å². The number of piperazine rings is 2. The van der Waals surface area contributed by atoms with E-state index in [1.165, 1.54) is 6.08 Å². The van der Waals surface area contributed by atoms with Gasteiger partial charge < -0.3 is 24.3 Å². The van der Waals surface area contributed by atoms with Crippen molar-refractivity contribution in [3.8, 4) is 12.1 Å². The number of halogens is 1. The number of hydrogen-bond donors (Lipinski definition) is 0. The predicted octanol–water partition coefficient (Wildman–Crippen LogP) is 4.04. The van der Waals surface area contributed by atoms with E-state index in [1.54, 1.807) is 11.8 Å². The molecule has 48 heavy (non-hydrogen) atoms. The Morgan fingerprint density at radius 2 is 1.83 bits per heavy atom. The van der Waals surface area contributed by atoms with Gasteiger partial charge in [-0.3, -0.25) is 14.5 Å². The number of carbonyl (C=O) groups is 2. The zero-order chi connectivity index (χ0) is 33.4. The lowest BCUT2D eigenvalue weighted by Crippen LogP contribution is -2.55. The molecule has 0 spiro atoms. The molecule has 1 aliphatic carbocycles. The van der Waals surface area contributed by atoms with Crippen LogP contribution in [0.15, 0.2) is 49.1 Å². The van der Waals surface area contributed by atoms with E-state index in [0.717, 1.165) is 90.5 Å². The average Bonchev–Trinajstić information content (AvgIpc) is 3.91. The number of fused-ring (bicyclic) bond motifs is 2. The molecule has 2 aromatic carbocycles. The average molecular weight is 669 g/mol. The van der Waals surface area contributed by atoms with Gasteiger partial charge in [0.2, 0.25) is 11.8 Å². The van der Waals surface area contributed by atoms with Crippen LogP contribution in [0.1, 0.15) is 37.4 Å². The third kappa shape index (κ3) is 6.15. The van der Waals surface area contributed by atoms with Gasteiger partial charge in [-0.15, -0.1) is 0 Å². The van der Waals surface area contributed by atoms with Crippen LogP contribution in [0.2, 0.25) is 5.02 Å². The first-order valence-electron chi connectivity index (χ1n) is 16.8. The van der Waals surface area contributed by atoms with E-state index in [1.807, 2.05) is 17.0 Å². The Bertz CT molecular complexity index is 1780. The summed E-state index contributed by atoms with van der Waals surface area (Å²) >= 11 is 6.74. The molecule has 4 aliphatic rings. The lowest BCUT2D eigenvalue weighted by molar-refractivity contribution is -0.131. The fourth-order valence-electron chi connectivity index (χ4n) is 7.59. The second kappa shape index (κ2) is 13.2. The van der Waals surface area contributed by atoms with Crippen LogP contribution in [0.4, 0.5) is 11.5 Å². The van der Waals surface area contributed by atoms with Crippen LogP contribution in [0.5, 0.6) is 6.01 Å². The van der Waals surface area contributed by atoms with Crippen molar-refractivity contribution in [1.29, 1.82) is 5.26 Å². The molecule has 1 aromatic heterocycles. The molecule has 0 bridgehead atoms. The minimum absolute atomic E-state index is 0.0669. The van der Waals surface area contributed by atoms with Crippen molar-refractivity contribution in [3.63, 3.8) is 0 Å². The van der Waals surface area contributed by atoms with Crippen molar-refractivity contribution in [3.05, 3.63) is 65.3 Å². The summed E-state index contributed by atoms with van der Waals surface area (Å²) in [6, 6.07) is 14.6. The summed E-state index contributed by atoms with van der Waals surface area (Å²) in [6.45, 7) is 11.8. The topological polar surface area (TPSA) is 109 Å². The number of aromatic nitrogens is 2. The highest BCUT2D eigenvalue weighted by molar-refractivity contribution is 6.36. The lowest BCUT2D eigenvalue weighted by Gasteiger charge is -2.42. The van der Waals surface area contributed by atoms with Crippen molar-refractivity contribution >= 4 is 45.7 Å². The number of benzene rings is 2. The molecule has 0 radical (unpaired) electrons. The van der Waals surface area contributed by atoms with Crippen molar-refractivity contribution in [2.45, 2.75) is 50.7 Å². The van der Waals surface area contributed by atoms with E-state index < -0.39 is 0 Å². The largest absolute Gasteiger partial charge is 0.461 e. The van der Waals surface area contributed by atoms with Gasteiger partial charge in [0.1, 0.15) is 12.4 Å². The van der Waals surface area contributed by atoms with Gasteiger partial charge in [-0.05, 0) is 42.9 Å². The van der Waals surface area contributed by atoms with Crippen LogP contribution in [0, 0.1) is 11.3 Å². The van der Waals surface area contributed by atoms with Crippen LogP contribution in [-0.4, -0.2) is 107 Å². The van der Waals surface area contributed by atoms with Crippen LogP contribution < -0.4 is 14.5 Å². The Morgan fingerprint density at radius 3 is 2.54 bits per heavy atom. The zero-order valence-electron chi connectivity index (χ0n) is 27.4. The molecular weight excluding hydrogens is 628 g/mol. The first kappa shape index (κ1) is 32.2. The van der Waals surface area contributed by atoms with Crippen LogP contribution in [0.25, 0.3) is 10.8 Å². The Labute approximate surface area is 286 Å². The number of carbonyl (C=O) groups excluding carboxylic acids is 2. The highest BCUT2D eigenvalue weighted by Crippen LogP contribution is 2.43. The van der Waals surface area contributed by atoms with E-state index in [0.29, 0.717) is 38.8 Å². The second-order valence-corrected chi connectivity index (χ2v) is 13.7. The molecule has 4 heterocycles. The number of nitrogens with zero attached hydrogens (tertiary/aromatic N) is 8. The molecule has 7 rings (SSSR count). The molecule has 2 saturated heterocycles. The summed E-state index contributed by atoms with van der Waals surface area (Å²) in [4.78, 5) is 45.2. The quantitative estimate of drug-likeness (QED) is 0.329. The number of amides is 2. The lowest BCUT2D eigenvalue weighted by atomic mass is 10.0. The molecule has 0 N–H and O–H groups in total. The van der Waals surface area contributed by atoms with Crippen LogP contribution >= 0.6 is 11.6 Å². The highest BCUT2D eigenvalue weighted by atomic mass is 35.5. The summed E-state index contributed by atoms with van der Waals surface area (Å²) in [5, 5.41) is 12.4. The molecule has 12 heteroatoms. The van der Waals surface area contributed by atoms with Gasteiger partial charge in [-0.25, -0.2) is 0 Å². The smallest absolute Gasteiger partial charge is 0.318 e. The third-order valence-electron chi connectivity index (χ3n) is 10.5. The van der Waals surface area contributed by atoms with E-state index in [4.69, 9.17) is 26.3 Å². The highest BCUT2D eigenvalue weighted by Gasteiger charge is 2.50. The van der Waals surface area contributed by atoms with Gasteiger partial charge in [0, 0.05) is 75.9 Å². The van der Waals surface area contributed by atoms with Gasteiger partial charge >= 0.3 is 6.01 Å². The van der Waals surface area contributed by atoms with Crippen LogP contribution in [-0.2, 0) is 22.6 Å². The van der Waals surface area contributed by atoms with Crippen molar-refractivity contribution < 1.29 is 14.3 Å². The van der Waals surface area contributed by atoms with Crippen molar-refractivity contribution in [2.24, 2.45) is 0 Å². The summed E-state index contributed by atoms with van der Waals surface area (Å²) in [5.41, 5.74) is 2.98. The van der Waals surface area contributed by atoms with Crippen molar-refractivity contribution in [2.75, 3.05) is 68.8 Å². The molecule has 0 unspecified atom stereocenters. The fraction of sp³-hybridized carbons (Fsp3) is 0.472. The fourth-order valence-corrected chi connectivity index (χ4v) is 7.86. The number of rotatable bonds is 8. The number of hydrogen-bond acceptors (Lipinski definition) is 9. The molecule has 250 valence electrons. The van der Waals surface area contributed by atoms with Gasteiger partial charge in [0.25, 0.3) is 0 Å². The predicted molar refractivity (Wildman–Crippen MR) is 185 cm³/mol. The van der Waals surface area contributed by atoms with E-state index in [-0.39, 0.29) is 29.8 Å². The van der Waals surface area contributed by atoms with E-state index in [9.17, 15) is 14.9 Å². The second-order valence-electron chi connectivity index (χ2n) is 13.2. The summed E-state index contributed by atoms with van der Waals surface area (Å²) in [7, 11) is 0. The molecule has 3 aromatic rings. The van der Waals surface area contributed by atoms with E-state index in [2.05, 4.69) is 51.6 Å². The number of anilines is 2.